The Balaban J connectivity index is 2.12. The first-order valence-corrected chi connectivity index (χ1v) is 7.02. The van der Waals surface area contributed by atoms with Gasteiger partial charge in [-0.3, -0.25) is 4.79 Å². The number of hydrogen-bond acceptors (Lipinski definition) is 5. The van der Waals surface area contributed by atoms with Crippen molar-refractivity contribution >= 4 is 15.9 Å². The van der Waals surface area contributed by atoms with Crippen LogP contribution in [0, 0.1) is 0 Å². The van der Waals surface area contributed by atoms with E-state index in [0.29, 0.717) is 25.9 Å². The van der Waals surface area contributed by atoms with Gasteiger partial charge in [0, 0.05) is 13.1 Å². The van der Waals surface area contributed by atoms with Crippen molar-refractivity contribution in [3.8, 4) is 0 Å². The van der Waals surface area contributed by atoms with Crippen LogP contribution in [-0.2, 0) is 10.0 Å². The van der Waals surface area contributed by atoms with E-state index in [1.165, 1.54) is 11.0 Å². The highest BCUT2D eigenvalue weighted by molar-refractivity contribution is 7.89. The van der Waals surface area contributed by atoms with Crippen molar-refractivity contribution in [2.75, 3.05) is 13.1 Å². The van der Waals surface area contributed by atoms with Gasteiger partial charge in [-0.05, 0) is 25.0 Å². The second-order valence-electron chi connectivity index (χ2n) is 4.19. The van der Waals surface area contributed by atoms with Gasteiger partial charge in [0.25, 0.3) is 15.9 Å². The van der Waals surface area contributed by atoms with Crippen LogP contribution in [0.15, 0.2) is 21.6 Å². The molecule has 1 aromatic rings. The van der Waals surface area contributed by atoms with E-state index in [0.717, 1.165) is 6.07 Å². The zero-order valence-electron chi connectivity index (χ0n) is 9.57. The van der Waals surface area contributed by atoms with Gasteiger partial charge in [-0.1, -0.05) is 0 Å². The normalized spacial score (nSPS) is 18.0. The van der Waals surface area contributed by atoms with Crippen molar-refractivity contribution in [1.82, 2.24) is 4.90 Å². The Labute approximate surface area is 104 Å². The van der Waals surface area contributed by atoms with E-state index in [1.807, 2.05) is 0 Å². The Morgan fingerprint density at radius 2 is 2.00 bits per heavy atom. The second-order valence-corrected chi connectivity index (χ2v) is 5.68. The first kappa shape index (κ1) is 13.1. The van der Waals surface area contributed by atoms with Crippen LogP contribution in [0.5, 0.6) is 0 Å². The lowest BCUT2D eigenvalue weighted by atomic mass is 10.1. The SMILES string of the molecule is NS(=O)(=O)c1ccc(C(=O)N2CCC(O)CC2)o1. The van der Waals surface area contributed by atoms with Gasteiger partial charge in [-0.25, -0.2) is 13.6 Å². The average molecular weight is 274 g/mol. The molecule has 8 heteroatoms. The van der Waals surface area contributed by atoms with E-state index in [-0.39, 0.29) is 11.9 Å². The highest BCUT2D eigenvalue weighted by Gasteiger charge is 2.25. The largest absolute Gasteiger partial charge is 0.438 e. The maximum absolute atomic E-state index is 12.0. The van der Waals surface area contributed by atoms with E-state index < -0.39 is 21.0 Å². The van der Waals surface area contributed by atoms with Gasteiger partial charge < -0.3 is 14.4 Å². The molecule has 18 heavy (non-hydrogen) atoms. The van der Waals surface area contributed by atoms with Crippen LogP contribution in [0.1, 0.15) is 23.4 Å². The standard InChI is InChI=1S/C10H14N2O5S/c11-18(15,16)9-2-1-8(17-9)10(14)12-5-3-7(13)4-6-12/h1-2,7,13H,3-6H2,(H2,11,15,16). The molecule has 0 radical (unpaired) electrons. The fraction of sp³-hybridized carbons (Fsp3) is 0.500. The number of sulfonamides is 1. The van der Waals surface area contributed by atoms with E-state index in [9.17, 15) is 18.3 Å². The van der Waals surface area contributed by atoms with Crippen LogP contribution in [0.4, 0.5) is 0 Å². The van der Waals surface area contributed by atoms with Gasteiger partial charge in [-0.2, -0.15) is 0 Å². The van der Waals surface area contributed by atoms with Crippen LogP contribution in [0.3, 0.4) is 0 Å². The maximum atomic E-state index is 12.0. The molecular weight excluding hydrogens is 260 g/mol. The molecule has 0 spiro atoms. The smallest absolute Gasteiger partial charge is 0.289 e. The van der Waals surface area contributed by atoms with Crippen LogP contribution >= 0.6 is 0 Å². The summed E-state index contributed by atoms with van der Waals surface area (Å²) in [6.45, 7) is 0.844. The minimum atomic E-state index is -3.93. The van der Waals surface area contributed by atoms with Crippen molar-refractivity contribution in [2.24, 2.45) is 5.14 Å². The van der Waals surface area contributed by atoms with Crippen molar-refractivity contribution in [2.45, 2.75) is 24.0 Å². The molecule has 1 aliphatic rings. The average Bonchev–Trinajstić information content (AvgIpc) is 2.78. The Morgan fingerprint density at radius 1 is 1.39 bits per heavy atom. The molecule has 2 rings (SSSR count). The zero-order valence-corrected chi connectivity index (χ0v) is 10.4. The number of aliphatic hydroxyl groups excluding tert-OH is 1. The van der Waals surface area contributed by atoms with Crippen LogP contribution < -0.4 is 5.14 Å². The number of amides is 1. The van der Waals surface area contributed by atoms with Crippen LogP contribution in [0.2, 0.25) is 0 Å². The topological polar surface area (TPSA) is 114 Å². The molecule has 1 amide bonds. The molecule has 0 bridgehead atoms. The van der Waals surface area contributed by atoms with Crippen molar-refractivity contribution in [1.29, 1.82) is 0 Å². The van der Waals surface area contributed by atoms with Gasteiger partial charge >= 0.3 is 0 Å². The van der Waals surface area contributed by atoms with Gasteiger partial charge in [0.05, 0.1) is 6.10 Å². The number of furan rings is 1. The Kier molecular flexibility index (Phi) is 3.42. The summed E-state index contributed by atoms with van der Waals surface area (Å²) in [5, 5.41) is 13.8. The molecule has 7 nitrogen and oxygen atoms in total. The number of carbonyl (C=O) groups excluding carboxylic acids is 1. The number of nitrogens with zero attached hydrogens (tertiary/aromatic N) is 1. The zero-order chi connectivity index (χ0) is 13.3. The van der Waals surface area contributed by atoms with Crippen molar-refractivity contribution < 1.29 is 22.7 Å². The number of hydrogen-bond donors (Lipinski definition) is 2. The molecule has 0 atom stereocenters. The summed E-state index contributed by atoms with van der Waals surface area (Å²) in [5.74, 6) is -0.452. The molecule has 1 aromatic heterocycles. The lowest BCUT2D eigenvalue weighted by molar-refractivity contribution is 0.0515. The summed E-state index contributed by atoms with van der Waals surface area (Å²) < 4.78 is 27.0. The summed E-state index contributed by atoms with van der Waals surface area (Å²) in [4.78, 5) is 13.5. The molecule has 0 unspecified atom stereocenters. The Hall–Kier alpha value is -1.38. The number of likely N-dealkylation sites (tertiary alicyclic amines) is 1. The molecule has 0 aliphatic carbocycles. The third kappa shape index (κ3) is 2.71. The molecule has 100 valence electrons. The lowest BCUT2D eigenvalue weighted by Gasteiger charge is -2.28. The highest BCUT2D eigenvalue weighted by atomic mass is 32.2. The third-order valence-electron chi connectivity index (χ3n) is 2.82. The summed E-state index contributed by atoms with van der Waals surface area (Å²) >= 11 is 0. The number of nitrogens with two attached hydrogens (primary N) is 1. The van der Waals surface area contributed by atoms with Crippen LogP contribution in [-0.4, -0.2) is 43.5 Å². The van der Waals surface area contributed by atoms with Gasteiger partial charge in [0.15, 0.2) is 5.76 Å². The number of rotatable bonds is 2. The number of piperidine rings is 1. The monoisotopic (exact) mass is 274 g/mol. The molecular formula is C10H14N2O5S. The molecule has 1 aliphatic heterocycles. The molecule has 3 N–H and O–H groups in total. The fourth-order valence-corrected chi connectivity index (χ4v) is 2.28. The molecule has 0 aromatic carbocycles. The quantitative estimate of drug-likeness (QED) is 0.756. The van der Waals surface area contributed by atoms with Gasteiger partial charge in [-0.15, -0.1) is 0 Å². The minimum Gasteiger partial charge on any atom is -0.438 e. The van der Waals surface area contributed by atoms with E-state index >= 15 is 0 Å². The predicted octanol–water partition coefficient (Wildman–Crippen LogP) is -0.476. The number of carbonyl (C=O) groups is 1. The molecule has 0 saturated carbocycles. The fourth-order valence-electron chi connectivity index (χ4n) is 1.81. The first-order chi connectivity index (χ1) is 8.38. The van der Waals surface area contributed by atoms with Crippen LogP contribution in [0.25, 0.3) is 0 Å². The third-order valence-corrected chi connectivity index (χ3v) is 3.60. The number of aliphatic hydroxyl groups is 1. The minimum absolute atomic E-state index is 0.0598. The summed E-state index contributed by atoms with van der Waals surface area (Å²) in [6, 6.07) is 2.44. The molecule has 2 heterocycles. The lowest BCUT2D eigenvalue weighted by Crippen LogP contribution is -2.39. The first-order valence-electron chi connectivity index (χ1n) is 5.48. The van der Waals surface area contributed by atoms with E-state index in [2.05, 4.69) is 0 Å². The van der Waals surface area contributed by atoms with Crippen molar-refractivity contribution in [3.05, 3.63) is 17.9 Å². The van der Waals surface area contributed by atoms with Gasteiger partial charge in [0.1, 0.15) is 0 Å². The second kappa shape index (κ2) is 4.71. The van der Waals surface area contributed by atoms with Gasteiger partial charge in [0.2, 0.25) is 5.09 Å². The van der Waals surface area contributed by atoms with Crippen molar-refractivity contribution in [3.63, 3.8) is 0 Å². The maximum Gasteiger partial charge on any atom is 0.289 e. The Bertz CT molecular complexity index is 542. The molecule has 1 saturated heterocycles. The summed E-state index contributed by atoms with van der Waals surface area (Å²) in [5.41, 5.74) is 0. The number of primary sulfonamides is 1. The summed E-state index contributed by atoms with van der Waals surface area (Å²) in [6.07, 6.45) is 0.633. The Morgan fingerprint density at radius 3 is 2.50 bits per heavy atom. The van der Waals surface area contributed by atoms with E-state index in [4.69, 9.17) is 9.56 Å². The predicted molar refractivity (Wildman–Crippen MR) is 61.2 cm³/mol. The molecule has 1 fully saturated rings. The summed E-state index contributed by atoms with van der Waals surface area (Å²) in [7, 11) is -3.93. The highest BCUT2D eigenvalue weighted by Crippen LogP contribution is 2.17. The van der Waals surface area contributed by atoms with E-state index in [1.54, 1.807) is 0 Å².